The number of aromatic hydroxyl groups is 1. The number of amides is 1. The van der Waals surface area contributed by atoms with Crippen molar-refractivity contribution in [3.05, 3.63) is 54.1 Å². The topological polar surface area (TPSA) is 75.3 Å². The predicted molar refractivity (Wildman–Crippen MR) is 75.9 cm³/mol. The second-order valence-corrected chi connectivity index (χ2v) is 4.30. The van der Waals surface area contributed by atoms with Gasteiger partial charge in [0.2, 0.25) is 5.91 Å². The first-order chi connectivity index (χ1) is 9.15. The minimum absolute atomic E-state index is 0.0778. The summed E-state index contributed by atoms with van der Waals surface area (Å²) in [7, 11) is 0. The van der Waals surface area contributed by atoms with Crippen molar-refractivity contribution >= 4 is 17.3 Å². The van der Waals surface area contributed by atoms with Crippen molar-refractivity contribution in [2.45, 2.75) is 12.8 Å². The molecule has 98 valence electrons. The summed E-state index contributed by atoms with van der Waals surface area (Å²) in [6, 6.07) is 14.0. The summed E-state index contributed by atoms with van der Waals surface area (Å²) in [6.07, 6.45) is 0.998. The third-order valence-corrected chi connectivity index (χ3v) is 2.81. The van der Waals surface area contributed by atoms with Crippen LogP contribution in [0.15, 0.2) is 48.5 Å². The number of rotatable bonds is 4. The normalized spacial score (nSPS) is 10.1. The van der Waals surface area contributed by atoms with Crippen LogP contribution < -0.4 is 11.1 Å². The number of para-hydroxylation sites is 2. The van der Waals surface area contributed by atoms with E-state index in [0.717, 1.165) is 5.56 Å². The summed E-state index contributed by atoms with van der Waals surface area (Å²) in [6.45, 7) is 0. The predicted octanol–water partition coefficient (Wildman–Crippen LogP) is 2.55. The Morgan fingerprint density at radius 1 is 1.11 bits per heavy atom. The van der Waals surface area contributed by atoms with Gasteiger partial charge in [-0.1, -0.05) is 24.3 Å². The van der Waals surface area contributed by atoms with Crippen molar-refractivity contribution in [3.63, 3.8) is 0 Å². The number of hydrogen-bond acceptors (Lipinski definition) is 3. The van der Waals surface area contributed by atoms with Crippen molar-refractivity contribution in [2.75, 3.05) is 11.1 Å². The van der Waals surface area contributed by atoms with Gasteiger partial charge in [0.25, 0.3) is 0 Å². The van der Waals surface area contributed by atoms with Crippen LogP contribution >= 0.6 is 0 Å². The minimum atomic E-state index is -0.0778. The number of nitrogens with two attached hydrogens (primary N) is 1. The highest BCUT2D eigenvalue weighted by molar-refractivity contribution is 5.93. The second kappa shape index (κ2) is 5.91. The summed E-state index contributed by atoms with van der Waals surface area (Å²) in [4.78, 5) is 11.8. The fraction of sp³-hybridized carbons (Fsp3) is 0.133. The fourth-order valence-electron chi connectivity index (χ4n) is 1.74. The number of nitrogen functional groups attached to an aromatic ring is 1. The molecule has 4 nitrogen and oxygen atoms in total. The van der Waals surface area contributed by atoms with Crippen LogP contribution in [-0.4, -0.2) is 11.0 Å². The van der Waals surface area contributed by atoms with Crippen LogP contribution in [0.1, 0.15) is 12.0 Å². The molecule has 4 heteroatoms. The van der Waals surface area contributed by atoms with E-state index in [-0.39, 0.29) is 11.7 Å². The highest BCUT2D eigenvalue weighted by atomic mass is 16.3. The van der Waals surface area contributed by atoms with Gasteiger partial charge in [-0.3, -0.25) is 4.79 Å². The Hall–Kier alpha value is -2.49. The maximum absolute atomic E-state index is 11.8. The van der Waals surface area contributed by atoms with Crippen molar-refractivity contribution in [3.8, 4) is 5.75 Å². The van der Waals surface area contributed by atoms with Gasteiger partial charge in [-0.2, -0.15) is 0 Å². The number of anilines is 2. The van der Waals surface area contributed by atoms with Crippen LogP contribution in [0.2, 0.25) is 0 Å². The largest absolute Gasteiger partial charge is 0.508 e. The Bertz CT molecular complexity index is 565. The molecule has 0 fully saturated rings. The van der Waals surface area contributed by atoms with Crippen molar-refractivity contribution < 1.29 is 9.90 Å². The van der Waals surface area contributed by atoms with Gasteiger partial charge >= 0.3 is 0 Å². The van der Waals surface area contributed by atoms with Crippen LogP contribution in [0, 0.1) is 0 Å². The Kier molecular flexibility index (Phi) is 4.03. The van der Waals surface area contributed by atoms with Crippen LogP contribution in [0.5, 0.6) is 5.75 Å². The quantitative estimate of drug-likeness (QED) is 0.736. The first-order valence-electron chi connectivity index (χ1n) is 6.07. The molecule has 0 saturated carbocycles. The van der Waals surface area contributed by atoms with Gasteiger partial charge in [-0.05, 0) is 36.2 Å². The first-order valence-corrected chi connectivity index (χ1v) is 6.07. The van der Waals surface area contributed by atoms with E-state index in [2.05, 4.69) is 5.32 Å². The monoisotopic (exact) mass is 256 g/mol. The number of carbonyl (C=O) groups excluding carboxylic acids is 1. The van der Waals surface area contributed by atoms with E-state index in [4.69, 9.17) is 10.8 Å². The van der Waals surface area contributed by atoms with Gasteiger partial charge in [0.15, 0.2) is 0 Å². The summed E-state index contributed by atoms with van der Waals surface area (Å²) >= 11 is 0. The Morgan fingerprint density at radius 3 is 2.47 bits per heavy atom. The molecule has 0 atom stereocenters. The molecule has 2 aromatic rings. The zero-order valence-electron chi connectivity index (χ0n) is 10.5. The molecule has 0 spiro atoms. The van der Waals surface area contributed by atoms with Gasteiger partial charge < -0.3 is 16.2 Å². The third-order valence-electron chi connectivity index (χ3n) is 2.81. The highest BCUT2D eigenvalue weighted by Crippen LogP contribution is 2.17. The summed E-state index contributed by atoms with van der Waals surface area (Å²) in [5, 5.41) is 11.9. The zero-order valence-corrected chi connectivity index (χ0v) is 10.5. The number of carbonyl (C=O) groups is 1. The molecule has 19 heavy (non-hydrogen) atoms. The zero-order chi connectivity index (χ0) is 13.7. The number of phenols is 1. The van der Waals surface area contributed by atoms with E-state index < -0.39 is 0 Å². The summed E-state index contributed by atoms with van der Waals surface area (Å²) in [5.74, 6) is 0.149. The molecule has 0 bridgehead atoms. The Morgan fingerprint density at radius 2 is 1.79 bits per heavy atom. The molecule has 2 aromatic carbocycles. The van der Waals surface area contributed by atoms with Crippen LogP contribution in [-0.2, 0) is 11.2 Å². The van der Waals surface area contributed by atoms with E-state index in [9.17, 15) is 4.79 Å². The third kappa shape index (κ3) is 3.74. The number of benzene rings is 2. The SMILES string of the molecule is Nc1ccccc1NC(=O)CCc1ccc(O)cc1. The fourth-order valence-corrected chi connectivity index (χ4v) is 1.74. The molecule has 0 unspecified atom stereocenters. The standard InChI is InChI=1S/C15H16N2O2/c16-13-3-1-2-4-14(13)17-15(19)10-7-11-5-8-12(18)9-6-11/h1-6,8-9,18H,7,10,16H2,(H,17,19). The molecule has 0 saturated heterocycles. The Labute approximate surface area is 111 Å². The summed E-state index contributed by atoms with van der Waals surface area (Å²) in [5.41, 5.74) is 7.95. The molecule has 0 aliphatic carbocycles. The lowest BCUT2D eigenvalue weighted by molar-refractivity contribution is -0.116. The van der Waals surface area contributed by atoms with Gasteiger partial charge in [0, 0.05) is 6.42 Å². The lowest BCUT2D eigenvalue weighted by Gasteiger charge is -2.07. The molecular formula is C15H16N2O2. The number of hydrogen-bond donors (Lipinski definition) is 3. The Balaban J connectivity index is 1.88. The minimum Gasteiger partial charge on any atom is -0.508 e. The molecule has 0 aliphatic heterocycles. The van der Waals surface area contributed by atoms with E-state index in [1.165, 1.54) is 0 Å². The maximum atomic E-state index is 11.8. The molecule has 4 N–H and O–H groups in total. The molecule has 0 aliphatic rings. The van der Waals surface area contributed by atoms with E-state index in [1.807, 2.05) is 12.1 Å². The van der Waals surface area contributed by atoms with Crippen LogP contribution in [0.25, 0.3) is 0 Å². The number of aryl methyl sites for hydroxylation is 1. The molecule has 0 heterocycles. The van der Waals surface area contributed by atoms with Gasteiger partial charge in [0.05, 0.1) is 11.4 Å². The van der Waals surface area contributed by atoms with E-state index in [1.54, 1.807) is 36.4 Å². The molecule has 0 radical (unpaired) electrons. The average Bonchev–Trinajstić information content (AvgIpc) is 2.41. The molecule has 0 aromatic heterocycles. The molecular weight excluding hydrogens is 240 g/mol. The smallest absolute Gasteiger partial charge is 0.224 e. The first kappa shape index (κ1) is 13.0. The maximum Gasteiger partial charge on any atom is 0.224 e. The van der Waals surface area contributed by atoms with Crippen molar-refractivity contribution in [1.82, 2.24) is 0 Å². The van der Waals surface area contributed by atoms with E-state index >= 15 is 0 Å². The van der Waals surface area contributed by atoms with Crippen LogP contribution in [0.4, 0.5) is 11.4 Å². The highest BCUT2D eigenvalue weighted by Gasteiger charge is 2.05. The molecule has 1 amide bonds. The van der Waals surface area contributed by atoms with Gasteiger partial charge in [-0.15, -0.1) is 0 Å². The van der Waals surface area contributed by atoms with Gasteiger partial charge in [0.1, 0.15) is 5.75 Å². The van der Waals surface area contributed by atoms with Crippen molar-refractivity contribution in [1.29, 1.82) is 0 Å². The van der Waals surface area contributed by atoms with E-state index in [0.29, 0.717) is 24.2 Å². The number of phenolic OH excluding ortho intramolecular Hbond substituents is 1. The lowest BCUT2D eigenvalue weighted by atomic mass is 10.1. The van der Waals surface area contributed by atoms with Crippen LogP contribution in [0.3, 0.4) is 0 Å². The molecule has 2 rings (SSSR count). The average molecular weight is 256 g/mol. The summed E-state index contributed by atoms with van der Waals surface area (Å²) < 4.78 is 0. The van der Waals surface area contributed by atoms with Crippen molar-refractivity contribution in [2.24, 2.45) is 0 Å². The number of nitrogens with one attached hydrogen (secondary N) is 1. The lowest BCUT2D eigenvalue weighted by Crippen LogP contribution is -2.13. The van der Waals surface area contributed by atoms with Gasteiger partial charge in [-0.25, -0.2) is 0 Å². The second-order valence-electron chi connectivity index (χ2n) is 4.30.